The zero-order valence-electron chi connectivity index (χ0n) is 21.7. The first-order chi connectivity index (χ1) is 19.8. The molecule has 0 bridgehead atoms. The van der Waals surface area contributed by atoms with Crippen molar-refractivity contribution < 1.29 is 0 Å². The molecule has 0 atom stereocenters. The summed E-state index contributed by atoms with van der Waals surface area (Å²) in [4.78, 5) is 8.77. The molecule has 0 radical (unpaired) electrons. The standard InChI is InChI=1S/C37H24N2S/c1-3-10-25(11-4-1)26-20-22-30(23-21-26)39(29-15-5-2-6-16-29)31-17-7-14-28(24-31)37-38-35-32-18-8-12-27-13-9-19-33(34(27)32)36(35)40-37/h1-24H. The predicted octanol–water partition coefficient (Wildman–Crippen LogP) is 10.7. The second kappa shape index (κ2) is 9.33. The van der Waals surface area contributed by atoms with Gasteiger partial charge in [0.25, 0.3) is 0 Å². The second-order valence-corrected chi connectivity index (χ2v) is 11.0. The molecule has 0 aliphatic heterocycles. The van der Waals surface area contributed by atoms with Crippen LogP contribution in [0.15, 0.2) is 146 Å². The monoisotopic (exact) mass is 528 g/mol. The van der Waals surface area contributed by atoms with Crippen LogP contribution < -0.4 is 4.90 Å². The molecule has 1 aromatic heterocycles. The van der Waals surface area contributed by atoms with Gasteiger partial charge in [-0.3, -0.25) is 0 Å². The third-order valence-corrected chi connectivity index (χ3v) is 8.77. The smallest absolute Gasteiger partial charge is 0.124 e. The topological polar surface area (TPSA) is 16.1 Å². The summed E-state index contributed by atoms with van der Waals surface area (Å²) in [7, 11) is 0. The summed E-state index contributed by atoms with van der Waals surface area (Å²) in [5.74, 6) is 0. The van der Waals surface area contributed by atoms with Gasteiger partial charge in [-0.05, 0) is 58.3 Å². The summed E-state index contributed by atoms with van der Waals surface area (Å²) in [6.07, 6.45) is 0. The Bertz CT molecular complexity index is 1930. The van der Waals surface area contributed by atoms with E-state index in [4.69, 9.17) is 4.98 Å². The fourth-order valence-electron chi connectivity index (χ4n) is 5.77. The highest BCUT2D eigenvalue weighted by Gasteiger charge is 2.26. The fourth-order valence-corrected chi connectivity index (χ4v) is 6.88. The molecule has 0 unspecified atom stereocenters. The fraction of sp³-hybridized carbons (Fsp3) is 0. The van der Waals surface area contributed by atoms with Crippen molar-refractivity contribution in [3.63, 3.8) is 0 Å². The molecule has 0 saturated heterocycles. The van der Waals surface area contributed by atoms with Crippen molar-refractivity contribution in [1.82, 2.24) is 4.98 Å². The summed E-state index contributed by atoms with van der Waals surface area (Å²) in [6.45, 7) is 0. The average molecular weight is 529 g/mol. The molecule has 0 N–H and O–H groups in total. The van der Waals surface area contributed by atoms with Crippen molar-refractivity contribution in [2.24, 2.45) is 0 Å². The van der Waals surface area contributed by atoms with Gasteiger partial charge in [-0.2, -0.15) is 0 Å². The molecule has 0 spiro atoms. The Kier molecular flexibility index (Phi) is 5.35. The Morgan fingerprint density at radius 2 is 1.07 bits per heavy atom. The molecule has 1 aliphatic carbocycles. The summed E-state index contributed by atoms with van der Waals surface area (Å²) < 4.78 is 0. The highest BCUT2D eigenvalue weighted by atomic mass is 32.1. The van der Waals surface area contributed by atoms with E-state index in [2.05, 4.69) is 150 Å². The Balaban J connectivity index is 1.21. The molecule has 7 aromatic rings. The largest absolute Gasteiger partial charge is 0.310 e. The van der Waals surface area contributed by atoms with Crippen LogP contribution in [0.1, 0.15) is 0 Å². The van der Waals surface area contributed by atoms with Crippen LogP contribution in [0.3, 0.4) is 0 Å². The predicted molar refractivity (Wildman–Crippen MR) is 170 cm³/mol. The first kappa shape index (κ1) is 22.9. The molecule has 0 amide bonds. The summed E-state index contributed by atoms with van der Waals surface area (Å²) in [5, 5.41) is 3.65. The van der Waals surface area contributed by atoms with Crippen LogP contribution in [0.4, 0.5) is 17.1 Å². The lowest BCUT2D eigenvalue weighted by Crippen LogP contribution is -2.09. The molecule has 1 aliphatic rings. The Labute approximate surface area is 237 Å². The van der Waals surface area contributed by atoms with Crippen molar-refractivity contribution in [3.05, 3.63) is 146 Å². The zero-order valence-corrected chi connectivity index (χ0v) is 22.5. The number of aromatic nitrogens is 1. The molecule has 2 nitrogen and oxygen atoms in total. The molecule has 3 heteroatoms. The quantitative estimate of drug-likeness (QED) is 0.221. The van der Waals surface area contributed by atoms with Gasteiger partial charge in [0.1, 0.15) is 5.01 Å². The van der Waals surface area contributed by atoms with Gasteiger partial charge in [0.15, 0.2) is 0 Å². The summed E-state index contributed by atoms with van der Waals surface area (Å²) in [5.41, 5.74) is 10.5. The van der Waals surface area contributed by atoms with Crippen molar-refractivity contribution >= 4 is 39.2 Å². The van der Waals surface area contributed by atoms with Crippen molar-refractivity contribution in [3.8, 4) is 43.4 Å². The van der Waals surface area contributed by atoms with E-state index in [1.807, 2.05) is 0 Å². The number of hydrogen-bond acceptors (Lipinski definition) is 3. The summed E-state index contributed by atoms with van der Waals surface area (Å²) >= 11 is 1.79. The average Bonchev–Trinajstić information content (AvgIpc) is 3.59. The Hall–Kier alpha value is -4.99. The van der Waals surface area contributed by atoms with Gasteiger partial charge in [-0.25, -0.2) is 4.98 Å². The minimum absolute atomic E-state index is 1.05. The minimum atomic E-state index is 1.05. The molecule has 6 aromatic carbocycles. The second-order valence-electron chi connectivity index (χ2n) is 10.0. The van der Waals surface area contributed by atoms with Gasteiger partial charge >= 0.3 is 0 Å². The van der Waals surface area contributed by atoms with Gasteiger partial charge in [-0.15, -0.1) is 11.3 Å². The SMILES string of the molecule is c1ccc(-c2ccc(N(c3ccccc3)c3cccc(-c4nc5c(s4)-c4cccc6cccc-5c46)c3)cc2)cc1. The number of thiazole rings is 1. The number of hydrogen-bond donors (Lipinski definition) is 0. The number of fused-ring (bicyclic) bond motifs is 3. The van der Waals surface area contributed by atoms with Gasteiger partial charge in [-0.1, -0.05) is 109 Å². The van der Waals surface area contributed by atoms with Crippen LogP contribution in [0.25, 0.3) is 54.2 Å². The van der Waals surface area contributed by atoms with E-state index in [1.54, 1.807) is 11.3 Å². The maximum absolute atomic E-state index is 5.19. The number of rotatable bonds is 5. The maximum Gasteiger partial charge on any atom is 0.124 e. The molecule has 0 fully saturated rings. The molecule has 188 valence electrons. The van der Waals surface area contributed by atoms with E-state index < -0.39 is 0 Å². The maximum atomic E-state index is 5.19. The van der Waals surface area contributed by atoms with E-state index in [1.165, 1.54) is 37.9 Å². The van der Waals surface area contributed by atoms with E-state index >= 15 is 0 Å². The van der Waals surface area contributed by atoms with E-state index in [-0.39, 0.29) is 0 Å². The minimum Gasteiger partial charge on any atom is -0.310 e. The highest BCUT2D eigenvalue weighted by Crippen LogP contribution is 2.51. The van der Waals surface area contributed by atoms with Gasteiger partial charge < -0.3 is 4.90 Å². The molecular formula is C37H24N2S. The summed E-state index contributed by atoms with van der Waals surface area (Å²) in [6, 6.07) is 51.7. The third-order valence-electron chi connectivity index (χ3n) is 7.63. The Morgan fingerprint density at radius 3 is 1.85 bits per heavy atom. The van der Waals surface area contributed by atoms with Crippen LogP contribution in [-0.2, 0) is 0 Å². The van der Waals surface area contributed by atoms with Crippen LogP contribution in [0, 0.1) is 0 Å². The first-order valence-electron chi connectivity index (χ1n) is 13.5. The Morgan fingerprint density at radius 1 is 0.475 bits per heavy atom. The zero-order chi connectivity index (χ0) is 26.5. The molecule has 0 saturated carbocycles. The van der Waals surface area contributed by atoms with E-state index in [9.17, 15) is 0 Å². The lowest BCUT2D eigenvalue weighted by atomic mass is 10.0. The molecule has 1 heterocycles. The highest BCUT2D eigenvalue weighted by molar-refractivity contribution is 7.19. The number of anilines is 3. The van der Waals surface area contributed by atoms with E-state index in [0.717, 1.165) is 33.3 Å². The van der Waals surface area contributed by atoms with Gasteiger partial charge in [0.05, 0.1) is 10.6 Å². The van der Waals surface area contributed by atoms with Crippen molar-refractivity contribution in [2.45, 2.75) is 0 Å². The van der Waals surface area contributed by atoms with Gasteiger partial charge in [0, 0.05) is 33.8 Å². The number of benzene rings is 6. The molecular weight excluding hydrogens is 504 g/mol. The molecule has 40 heavy (non-hydrogen) atoms. The van der Waals surface area contributed by atoms with Crippen LogP contribution in [0.2, 0.25) is 0 Å². The van der Waals surface area contributed by atoms with Crippen LogP contribution in [0.5, 0.6) is 0 Å². The lowest BCUT2D eigenvalue weighted by molar-refractivity contribution is 1.28. The number of nitrogens with zero attached hydrogens (tertiary/aromatic N) is 2. The normalized spacial score (nSPS) is 11.5. The van der Waals surface area contributed by atoms with Crippen molar-refractivity contribution in [2.75, 3.05) is 4.90 Å². The first-order valence-corrected chi connectivity index (χ1v) is 14.3. The van der Waals surface area contributed by atoms with Crippen LogP contribution >= 0.6 is 11.3 Å². The lowest BCUT2D eigenvalue weighted by Gasteiger charge is -2.26. The third kappa shape index (κ3) is 3.75. The van der Waals surface area contributed by atoms with Gasteiger partial charge in [0.2, 0.25) is 0 Å². The van der Waals surface area contributed by atoms with Crippen molar-refractivity contribution in [1.29, 1.82) is 0 Å². The molecule has 8 rings (SSSR count). The van der Waals surface area contributed by atoms with Crippen LogP contribution in [-0.4, -0.2) is 4.98 Å². The van der Waals surface area contributed by atoms with E-state index in [0.29, 0.717) is 0 Å². The number of para-hydroxylation sites is 1.